The lowest BCUT2D eigenvalue weighted by Gasteiger charge is -2.25. The number of urea groups is 1. The minimum absolute atomic E-state index is 0.0111. The molecule has 0 saturated carbocycles. The normalized spacial score (nSPS) is 19.2. The molecule has 95 heavy (non-hydrogen) atoms. The van der Waals surface area contributed by atoms with E-state index in [0.717, 1.165) is 61.3 Å². The van der Waals surface area contributed by atoms with Gasteiger partial charge in [0.15, 0.2) is 11.4 Å². The molecule has 0 bridgehead atoms. The van der Waals surface area contributed by atoms with E-state index >= 15 is 0 Å². The summed E-state index contributed by atoms with van der Waals surface area (Å²) in [4.78, 5) is 86.8. The number of nitrogens with zero attached hydrogens (tertiary/aromatic N) is 7. The Bertz CT molecular complexity index is 4030. The van der Waals surface area contributed by atoms with E-state index in [2.05, 4.69) is 144 Å². The van der Waals surface area contributed by atoms with Gasteiger partial charge in [0.1, 0.15) is 31.5 Å². The summed E-state index contributed by atoms with van der Waals surface area (Å²) in [6.07, 6.45) is 13.4. The Kier molecular flexibility index (Phi) is 27.2. The van der Waals surface area contributed by atoms with Crippen LogP contribution in [0.3, 0.4) is 0 Å². The predicted octanol–water partition coefficient (Wildman–Crippen LogP) is 8.89. The van der Waals surface area contributed by atoms with E-state index in [1.54, 1.807) is 33.7 Å². The number of ether oxygens (including phenoxy) is 3. The molecule has 1 saturated heterocycles. The number of phosphoric ester groups is 1. The summed E-state index contributed by atoms with van der Waals surface area (Å²) in [5.41, 5.74) is 21.0. The first-order chi connectivity index (χ1) is 44.9. The molecule has 2 aromatic heterocycles. The third-order valence-corrected chi connectivity index (χ3v) is 22.2. The molecule has 1 fully saturated rings. The van der Waals surface area contributed by atoms with E-state index in [0.29, 0.717) is 45.0 Å². The summed E-state index contributed by atoms with van der Waals surface area (Å²) in [7, 11) is -18.2. The quantitative estimate of drug-likeness (QED) is 0.00175. The number of carbonyl (C=O) groups excluding carboxylic acids is 2. The second-order valence-electron chi connectivity index (χ2n) is 23.0. The molecule has 11 N–H and O–H groups in total. The predicted molar refractivity (Wildman–Crippen MR) is 359 cm³/mol. The number of phosphoric acid groups is 3. The van der Waals surface area contributed by atoms with E-state index < -0.39 is 82.4 Å². The molecule has 0 radical (unpaired) electrons. The minimum Gasteiger partial charge on any atom is -0.370 e. The standard InChI is InChI=1S/C58H79N12O19P3S3/c1-7-68-44-25-23-41(95(81,82)83)33-43(44)58(5,6)48(68)19-11-8-12-20-49-57(3,4)42-32-39(2)22-24-45(42)69(49)29-15-9-13-21-50(71)61-28-31-93-94-38-84-30-16-10-14-26-62-56(73)63-27-17-18-40-35-70(53-52(40)54(72)66-55(59)65-53)51-34-46(85-37-64-67-60)47(87-51)36-86-91(77,78)89-92(79,80)88-90(74,75)76/h8,11-12,19-20,22-25,32-33,35,46-47,51H,7,9-10,13-16,21,26-31,34,36-38H2,1-6H3,(H10-,59,61,62,63,65,66,71,72,73,74,75,76,77,78,79,80,81,82,83)/p+1/t46-,47+,51+/m0/s1. The number of fused-ring (bicyclic) bond motifs is 3. The first-order valence-corrected chi connectivity index (χ1v) is 38.6. The van der Waals surface area contributed by atoms with Crippen LogP contribution in [0.4, 0.5) is 22.1 Å². The van der Waals surface area contributed by atoms with Gasteiger partial charge in [-0.1, -0.05) is 82.2 Å². The van der Waals surface area contributed by atoms with Gasteiger partial charge in [0.05, 0.1) is 40.5 Å². The van der Waals surface area contributed by atoms with Gasteiger partial charge in [-0.15, -0.1) is 0 Å². The second-order valence-corrected chi connectivity index (χ2v) is 31.4. The summed E-state index contributed by atoms with van der Waals surface area (Å²) in [5.74, 6) is 6.56. The van der Waals surface area contributed by atoms with Crippen LogP contribution in [0.2, 0.25) is 0 Å². The van der Waals surface area contributed by atoms with Crippen molar-refractivity contribution < 1.29 is 87.8 Å². The van der Waals surface area contributed by atoms with Crippen molar-refractivity contribution in [1.29, 1.82) is 0 Å². The molecule has 3 aliphatic rings. The maximum absolute atomic E-state index is 13.1. The van der Waals surface area contributed by atoms with Crippen LogP contribution in [0.5, 0.6) is 0 Å². The Hall–Kier alpha value is -6.14. The van der Waals surface area contributed by atoms with Gasteiger partial charge in [0.2, 0.25) is 17.5 Å². The van der Waals surface area contributed by atoms with E-state index in [1.807, 2.05) is 12.2 Å². The number of carbonyl (C=O) groups is 2. The summed E-state index contributed by atoms with van der Waals surface area (Å²) >= 11 is 0. The Balaban J connectivity index is 0.756. The third kappa shape index (κ3) is 21.4. The number of H-pyrrole nitrogens is 1. The number of likely N-dealkylation sites (N-methyl/N-ethyl adjacent to an activating group) is 1. The van der Waals surface area contributed by atoms with Crippen LogP contribution in [0.15, 0.2) is 93.5 Å². The molecule has 31 nitrogen and oxygen atoms in total. The zero-order chi connectivity index (χ0) is 69.4. The van der Waals surface area contributed by atoms with Gasteiger partial charge < -0.3 is 64.9 Å². The first kappa shape index (κ1) is 76.2. The number of hydrogen-bond acceptors (Lipinski definition) is 20. The number of anilines is 2. The number of hydrogen-bond donors (Lipinski definition) is 10. The van der Waals surface area contributed by atoms with E-state index in [4.69, 9.17) is 39.8 Å². The average Bonchev–Trinajstić information content (AvgIpc) is 1.61. The van der Waals surface area contributed by atoms with E-state index in [1.165, 1.54) is 39.4 Å². The number of allylic oxidation sites excluding steroid dienone is 6. The Morgan fingerprint density at radius 3 is 2.47 bits per heavy atom. The van der Waals surface area contributed by atoms with Crippen molar-refractivity contribution in [3.63, 3.8) is 0 Å². The highest BCUT2D eigenvalue weighted by Crippen LogP contribution is 2.66. The monoisotopic (exact) mass is 1440 g/mol. The Labute approximate surface area is 557 Å². The molecular weight excluding hydrogens is 1360 g/mol. The molecule has 518 valence electrons. The fraction of sp³-hybridized carbons (Fsp3) is 0.500. The first-order valence-electron chi connectivity index (χ1n) is 30.1. The van der Waals surface area contributed by atoms with Gasteiger partial charge in [-0.2, -0.15) is 26.6 Å². The molecule has 37 heteroatoms. The summed E-state index contributed by atoms with van der Waals surface area (Å²) in [6, 6.07) is 10.9. The van der Waals surface area contributed by atoms with Gasteiger partial charge in [-0.25, -0.2) is 18.5 Å². The molecule has 2 aromatic carbocycles. The lowest BCUT2D eigenvalue weighted by atomic mass is 9.81. The number of rotatable bonds is 35. The number of aryl methyl sites for hydroxylation is 1. The fourth-order valence-electron chi connectivity index (χ4n) is 11.1. The molecule has 4 aromatic rings. The highest BCUT2D eigenvalue weighted by atomic mass is 33.1. The van der Waals surface area contributed by atoms with Crippen molar-refractivity contribution >= 4 is 101 Å². The van der Waals surface area contributed by atoms with Gasteiger partial charge in [0, 0.05) is 96.9 Å². The molecule has 0 spiro atoms. The van der Waals surface area contributed by atoms with Gasteiger partial charge in [-0.05, 0) is 101 Å². The fourth-order valence-corrected chi connectivity index (χ4v) is 16.2. The molecule has 3 amide bonds. The Morgan fingerprint density at radius 1 is 0.968 bits per heavy atom. The average molecular weight is 1440 g/mol. The van der Waals surface area contributed by atoms with Crippen molar-refractivity contribution in [3.05, 3.63) is 122 Å². The number of aromatic amines is 1. The van der Waals surface area contributed by atoms with Gasteiger partial charge in [0.25, 0.3) is 15.7 Å². The third-order valence-electron chi connectivity index (χ3n) is 15.5. The van der Waals surface area contributed by atoms with E-state index in [9.17, 15) is 50.8 Å². The number of nitrogens with one attached hydrogen (secondary N) is 4. The van der Waals surface area contributed by atoms with Gasteiger partial charge >= 0.3 is 29.5 Å². The molecule has 5 atom stereocenters. The lowest BCUT2D eigenvalue weighted by Crippen LogP contribution is -2.36. The van der Waals surface area contributed by atoms with E-state index in [-0.39, 0.29) is 51.7 Å². The summed E-state index contributed by atoms with van der Waals surface area (Å²) in [5, 5.41) is 11.7. The second kappa shape index (κ2) is 33.9. The van der Waals surface area contributed by atoms with Crippen molar-refractivity contribution in [2.45, 2.75) is 127 Å². The molecular formula is C58H80N12O19P3S3+. The number of aromatic nitrogens is 3. The molecule has 7 rings (SSSR count). The zero-order valence-corrected chi connectivity index (χ0v) is 58.2. The van der Waals surface area contributed by atoms with Crippen LogP contribution in [0.1, 0.15) is 114 Å². The van der Waals surface area contributed by atoms with Crippen LogP contribution in [0.25, 0.3) is 21.5 Å². The van der Waals surface area contributed by atoms with Crippen LogP contribution in [-0.2, 0) is 66.8 Å². The van der Waals surface area contributed by atoms with Crippen LogP contribution in [-0.4, -0.2) is 146 Å². The molecule has 3 aliphatic heterocycles. The lowest BCUT2D eigenvalue weighted by molar-refractivity contribution is -0.438. The number of benzene rings is 2. The number of unbranched alkanes of at least 4 members (excludes halogenated alkanes) is 4. The highest BCUT2D eigenvalue weighted by molar-refractivity contribution is 8.76. The van der Waals surface area contributed by atoms with Crippen molar-refractivity contribution in [1.82, 2.24) is 30.5 Å². The minimum atomic E-state index is -5.83. The van der Waals surface area contributed by atoms with Crippen LogP contribution in [0, 0.1) is 18.8 Å². The SMILES string of the molecule is CCN1\C(=C/C=C/C=C/C2=[N+](CCCCCC(=O)NCCSSCOCCCCCNC(=O)NCC#Cc3cn([C@H]4C[C@H](OCN=[N+]=[N-])[C@@H](COP(=O)(O)OP(=O)(O)OP(=O)(O)O)O4)c4nc(N)[nH]c(=O)c34)c3ccc(C)cc3C2(C)C)C(C)(C)c2cc(S(=O)(=O)O)ccc21. The summed E-state index contributed by atoms with van der Waals surface area (Å²) in [6.45, 7) is 14.2. The van der Waals surface area contributed by atoms with Crippen molar-refractivity contribution in [3.8, 4) is 11.8 Å². The van der Waals surface area contributed by atoms with Crippen LogP contribution >= 0.6 is 45.1 Å². The molecule has 2 unspecified atom stereocenters. The van der Waals surface area contributed by atoms with Crippen LogP contribution < -0.4 is 32.1 Å². The topological polar surface area (TPSA) is 444 Å². The molecule has 0 aliphatic carbocycles. The largest absolute Gasteiger partial charge is 0.490 e. The smallest absolute Gasteiger partial charge is 0.370 e. The van der Waals surface area contributed by atoms with Crippen molar-refractivity contribution in [2.75, 3.05) is 75.0 Å². The number of nitrogens with two attached hydrogens (primary N) is 1. The van der Waals surface area contributed by atoms with Crippen molar-refractivity contribution in [2.24, 2.45) is 5.11 Å². The maximum Gasteiger partial charge on any atom is 0.490 e. The summed E-state index contributed by atoms with van der Waals surface area (Å²) < 4.78 is 102. The highest BCUT2D eigenvalue weighted by Gasteiger charge is 2.46. The molecule has 5 heterocycles. The number of azide groups is 1. The number of nitrogen functional groups attached to an aromatic ring is 1. The maximum atomic E-state index is 13.1. The zero-order valence-electron chi connectivity index (χ0n) is 53.1. The number of amides is 3. The van der Waals surface area contributed by atoms with Gasteiger partial charge in [-0.3, -0.25) is 23.6 Å². The Morgan fingerprint density at radius 2 is 1.74 bits per heavy atom.